The van der Waals surface area contributed by atoms with Crippen molar-refractivity contribution < 1.29 is 19.5 Å². The minimum absolute atomic E-state index is 0.000240. The fraction of sp³-hybridized carbons (Fsp3) is 0.344. The number of carbonyl (C=O) groups excluding carboxylic acids is 2. The normalized spacial score (nSPS) is 16.8. The molecule has 2 atom stereocenters. The number of hydrogen-bond donors (Lipinski definition) is 2. The number of carboxylic acid groups (broad SMARTS) is 1. The molecule has 40 heavy (non-hydrogen) atoms. The lowest BCUT2D eigenvalue weighted by atomic mass is 9.84. The zero-order valence-corrected chi connectivity index (χ0v) is 24.1. The molecule has 0 aliphatic carbocycles. The number of para-hydroxylation sites is 1. The lowest BCUT2D eigenvalue weighted by Gasteiger charge is -2.40. The topological polar surface area (TPSA) is 90.0 Å². The van der Waals surface area contributed by atoms with Crippen LogP contribution in [0.3, 0.4) is 0 Å². The highest BCUT2D eigenvalue weighted by Crippen LogP contribution is 2.40. The minimum atomic E-state index is -1.00. The van der Waals surface area contributed by atoms with Gasteiger partial charge in [-0.05, 0) is 94.1 Å². The van der Waals surface area contributed by atoms with E-state index in [9.17, 15) is 19.5 Å². The van der Waals surface area contributed by atoms with Crippen molar-refractivity contribution in [3.63, 3.8) is 0 Å². The van der Waals surface area contributed by atoms with Gasteiger partial charge in [0.1, 0.15) is 5.54 Å². The van der Waals surface area contributed by atoms with Crippen molar-refractivity contribution in [1.29, 1.82) is 0 Å². The summed E-state index contributed by atoms with van der Waals surface area (Å²) in [5.41, 5.74) is 2.95. The second-order valence-corrected chi connectivity index (χ2v) is 11.2. The molecular formula is C32H36ClN3O4. The van der Waals surface area contributed by atoms with Gasteiger partial charge in [0.25, 0.3) is 5.91 Å². The Kier molecular flexibility index (Phi) is 8.96. The fourth-order valence-electron chi connectivity index (χ4n) is 5.18. The second-order valence-electron chi connectivity index (χ2n) is 10.7. The van der Waals surface area contributed by atoms with Gasteiger partial charge in [0.05, 0.1) is 5.92 Å². The Hall–Kier alpha value is -3.68. The van der Waals surface area contributed by atoms with Crippen LogP contribution in [0.1, 0.15) is 61.5 Å². The number of fused-ring (bicyclic) bond motifs is 1. The van der Waals surface area contributed by atoms with Crippen LogP contribution in [0.15, 0.2) is 72.8 Å². The van der Waals surface area contributed by atoms with E-state index < -0.39 is 11.5 Å². The summed E-state index contributed by atoms with van der Waals surface area (Å²) in [6, 6.07) is 22.2. The van der Waals surface area contributed by atoms with Crippen LogP contribution in [-0.2, 0) is 16.0 Å². The van der Waals surface area contributed by atoms with Gasteiger partial charge < -0.3 is 20.2 Å². The molecule has 1 aliphatic rings. The van der Waals surface area contributed by atoms with Crippen LogP contribution in [0.2, 0.25) is 5.02 Å². The SMILES string of the molecule is CCN(C(=O)[C@H]1C[C@H](C)N(C(=O)c2ccc(CCNC(C)(C)C(=O)O)cc2)c2ccccc21)c1ccc(Cl)cc1. The van der Waals surface area contributed by atoms with Crippen LogP contribution in [0.25, 0.3) is 0 Å². The highest BCUT2D eigenvalue weighted by Gasteiger charge is 2.38. The van der Waals surface area contributed by atoms with Gasteiger partial charge in [-0.1, -0.05) is 41.9 Å². The van der Waals surface area contributed by atoms with Crippen molar-refractivity contribution in [2.45, 2.75) is 58.0 Å². The highest BCUT2D eigenvalue weighted by molar-refractivity contribution is 6.30. The predicted octanol–water partition coefficient (Wildman–Crippen LogP) is 5.91. The molecule has 2 N–H and O–H groups in total. The van der Waals surface area contributed by atoms with Crippen LogP contribution in [0.4, 0.5) is 11.4 Å². The standard InChI is InChI=1S/C32H36ClN3O4/c1-5-35(25-16-14-24(33)15-17-25)30(38)27-20-21(2)36(28-9-7-6-8-26(27)28)29(37)23-12-10-22(11-13-23)18-19-34-32(3,4)31(39)40/h6-17,21,27,34H,5,18-20H2,1-4H3,(H,39,40)/t21-,27-/m0/s1. The maximum Gasteiger partial charge on any atom is 0.323 e. The molecule has 1 aliphatic heterocycles. The minimum Gasteiger partial charge on any atom is -0.480 e. The molecule has 0 bridgehead atoms. The predicted molar refractivity (Wildman–Crippen MR) is 159 cm³/mol. The van der Waals surface area contributed by atoms with Crippen molar-refractivity contribution in [3.05, 3.63) is 94.5 Å². The molecule has 0 aromatic heterocycles. The molecule has 1 heterocycles. The molecule has 0 unspecified atom stereocenters. The van der Waals surface area contributed by atoms with E-state index in [0.29, 0.717) is 36.5 Å². The van der Waals surface area contributed by atoms with Gasteiger partial charge in [0.2, 0.25) is 5.91 Å². The average Bonchev–Trinajstić information content (AvgIpc) is 2.94. The van der Waals surface area contributed by atoms with Gasteiger partial charge in [0.15, 0.2) is 0 Å². The van der Waals surface area contributed by atoms with Gasteiger partial charge in [-0.3, -0.25) is 14.4 Å². The molecule has 0 spiro atoms. The second kappa shape index (κ2) is 12.2. The van der Waals surface area contributed by atoms with Crippen LogP contribution < -0.4 is 15.1 Å². The molecule has 0 saturated carbocycles. The molecule has 3 aromatic rings. The van der Waals surface area contributed by atoms with Crippen molar-refractivity contribution in [3.8, 4) is 0 Å². The Labute approximate surface area is 240 Å². The van der Waals surface area contributed by atoms with E-state index in [-0.39, 0.29) is 23.8 Å². The average molecular weight is 562 g/mol. The summed E-state index contributed by atoms with van der Waals surface area (Å²) in [7, 11) is 0. The summed E-state index contributed by atoms with van der Waals surface area (Å²) in [4.78, 5) is 42.5. The van der Waals surface area contributed by atoms with Crippen LogP contribution in [0.5, 0.6) is 0 Å². The van der Waals surface area contributed by atoms with Crippen LogP contribution in [0, 0.1) is 0 Å². The van der Waals surface area contributed by atoms with Crippen LogP contribution in [-0.4, -0.2) is 47.6 Å². The number of carboxylic acids is 1. The number of likely N-dealkylation sites (N-methyl/N-ethyl adjacent to an activating group) is 1. The first-order chi connectivity index (χ1) is 19.0. The monoisotopic (exact) mass is 561 g/mol. The number of nitrogens with one attached hydrogen (secondary N) is 1. The Balaban J connectivity index is 1.53. The summed E-state index contributed by atoms with van der Waals surface area (Å²) >= 11 is 6.06. The summed E-state index contributed by atoms with van der Waals surface area (Å²) in [6.45, 7) is 8.22. The van der Waals surface area contributed by atoms with Crippen LogP contribution >= 0.6 is 11.6 Å². The number of halogens is 1. The zero-order valence-electron chi connectivity index (χ0n) is 23.4. The number of hydrogen-bond acceptors (Lipinski definition) is 4. The molecule has 0 saturated heterocycles. The zero-order chi connectivity index (χ0) is 29.0. The quantitative estimate of drug-likeness (QED) is 0.339. The molecule has 0 fully saturated rings. The van der Waals surface area contributed by atoms with Crippen molar-refractivity contribution in [2.24, 2.45) is 0 Å². The maximum atomic E-state index is 13.8. The van der Waals surface area contributed by atoms with Gasteiger partial charge >= 0.3 is 5.97 Å². The molecule has 7 nitrogen and oxygen atoms in total. The summed E-state index contributed by atoms with van der Waals surface area (Å²) in [6.07, 6.45) is 1.15. The molecule has 0 radical (unpaired) electrons. The van der Waals surface area contributed by atoms with Crippen molar-refractivity contribution in [2.75, 3.05) is 22.9 Å². The summed E-state index contributed by atoms with van der Waals surface area (Å²) in [5, 5.41) is 12.9. The number of benzene rings is 3. The lowest BCUT2D eigenvalue weighted by molar-refractivity contribution is -0.143. The van der Waals surface area contributed by atoms with Gasteiger partial charge in [-0.15, -0.1) is 0 Å². The Morgan fingerprint density at radius 2 is 1.68 bits per heavy atom. The Morgan fingerprint density at radius 3 is 2.30 bits per heavy atom. The highest BCUT2D eigenvalue weighted by atomic mass is 35.5. The first-order valence-corrected chi connectivity index (χ1v) is 14.0. The third kappa shape index (κ3) is 6.21. The largest absolute Gasteiger partial charge is 0.480 e. The molecule has 2 amide bonds. The number of aliphatic carboxylic acids is 1. The fourth-order valence-corrected chi connectivity index (χ4v) is 5.30. The van der Waals surface area contributed by atoms with E-state index >= 15 is 0 Å². The summed E-state index contributed by atoms with van der Waals surface area (Å²) in [5.74, 6) is -1.40. The summed E-state index contributed by atoms with van der Waals surface area (Å²) < 4.78 is 0. The van der Waals surface area contributed by atoms with Gasteiger partial charge in [-0.2, -0.15) is 0 Å². The van der Waals surface area contributed by atoms with Crippen molar-refractivity contribution >= 4 is 40.8 Å². The van der Waals surface area contributed by atoms with E-state index in [0.717, 1.165) is 22.5 Å². The molecule has 4 rings (SSSR count). The molecular weight excluding hydrogens is 526 g/mol. The van der Waals surface area contributed by atoms with E-state index in [4.69, 9.17) is 11.6 Å². The van der Waals surface area contributed by atoms with Gasteiger partial charge in [-0.25, -0.2) is 0 Å². The number of nitrogens with zero attached hydrogens (tertiary/aromatic N) is 2. The number of rotatable bonds is 9. The van der Waals surface area contributed by atoms with Gasteiger partial charge in [0, 0.05) is 41.1 Å². The number of anilines is 2. The first-order valence-electron chi connectivity index (χ1n) is 13.6. The molecule has 8 heteroatoms. The third-order valence-corrected chi connectivity index (χ3v) is 7.79. The number of carbonyl (C=O) groups is 3. The van der Waals surface area contributed by atoms with E-state index in [1.807, 2.05) is 74.5 Å². The van der Waals surface area contributed by atoms with Crippen molar-refractivity contribution in [1.82, 2.24) is 5.32 Å². The lowest BCUT2D eigenvalue weighted by Crippen LogP contribution is -2.47. The Bertz CT molecular complexity index is 1370. The maximum absolute atomic E-state index is 13.8. The first kappa shape index (κ1) is 29.3. The van der Waals surface area contributed by atoms with E-state index in [2.05, 4.69) is 5.32 Å². The number of amides is 2. The van der Waals surface area contributed by atoms with E-state index in [1.165, 1.54) is 0 Å². The molecule has 3 aromatic carbocycles. The Morgan fingerprint density at radius 1 is 1.02 bits per heavy atom. The third-order valence-electron chi connectivity index (χ3n) is 7.54. The smallest absolute Gasteiger partial charge is 0.323 e. The van der Waals surface area contributed by atoms with E-state index in [1.54, 1.807) is 35.8 Å². The molecule has 210 valence electrons.